The predicted molar refractivity (Wildman–Crippen MR) is 89.6 cm³/mol. The zero-order valence-corrected chi connectivity index (χ0v) is 15.3. The van der Waals surface area contributed by atoms with Crippen LogP contribution >= 0.6 is 11.6 Å². The minimum Gasteiger partial charge on any atom is -0.381 e. The Hall–Kier alpha value is -1.83. The number of carbonyl (C=O) groups excluding carboxylic acids is 1. The molecule has 0 saturated heterocycles. The molecule has 0 unspecified atom stereocenters. The van der Waals surface area contributed by atoms with E-state index in [0.717, 1.165) is 4.79 Å². The summed E-state index contributed by atoms with van der Waals surface area (Å²) in [4.78, 5) is 24.4. The summed E-state index contributed by atoms with van der Waals surface area (Å²) >= 11 is 6.17. The van der Waals surface area contributed by atoms with Crippen LogP contribution in [0.5, 0.6) is 0 Å². The average molecular weight is 346 g/mol. The molecule has 0 aromatic carbocycles. The highest BCUT2D eigenvalue weighted by molar-refractivity contribution is 6.33. The minimum atomic E-state index is -1.48. The first-order valence-corrected chi connectivity index (χ1v) is 7.52. The summed E-state index contributed by atoms with van der Waals surface area (Å²) in [6.45, 7) is 11.5. The van der Waals surface area contributed by atoms with Gasteiger partial charge in [-0.1, -0.05) is 32.4 Å². The van der Waals surface area contributed by atoms with Gasteiger partial charge in [0.2, 0.25) is 5.54 Å². The molecule has 0 fully saturated rings. The van der Waals surface area contributed by atoms with Gasteiger partial charge < -0.3 is 5.73 Å². The SMILES string of the molecule is CC(C)(C)c1nn(NC(=O)C(C)(C)C(C)(C)[N+](=O)[O-])c(N)c1Cl. The van der Waals surface area contributed by atoms with Gasteiger partial charge in [0.15, 0.2) is 5.82 Å². The van der Waals surface area contributed by atoms with Crippen LogP contribution in [0.25, 0.3) is 0 Å². The Morgan fingerprint density at radius 1 is 1.26 bits per heavy atom. The molecule has 23 heavy (non-hydrogen) atoms. The number of carbonyl (C=O) groups is 1. The van der Waals surface area contributed by atoms with E-state index >= 15 is 0 Å². The van der Waals surface area contributed by atoms with Crippen LogP contribution in [0.15, 0.2) is 0 Å². The van der Waals surface area contributed by atoms with Crippen LogP contribution in [0.2, 0.25) is 5.02 Å². The molecule has 130 valence electrons. The number of anilines is 1. The maximum atomic E-state index is 12.5. The summed E-state index contributed by atoms with van der Waals surface area (Å²) in [5, 5.41) is 15.7. The molecular weight excluding hydrogens is 322 g/mol. The smallest absolute Gasteiger partial charge is 0.253 e. The maximum absolute atomic E-state index is 12.5. The van der Waals surface area contributed by atoms with Crippen LogP contribution in [0.3, 0.4) is 0 Å². The van der Waals surface area contributed by atoms with Crippen molar-refractivity contribution in [3.05, 3.63) is 20.8 Å². The maximum Gasteiger partial charge on any atom is 0.253 e. The van der Waals surface area contributed by atoms with Crippen molar-refractivity contribution in [1.82, 2.24) is 9.89 Å². The average Bonchev–Trinajstić information content (AvgIpc) is 2.66. The lowest BCUT2D eigenvalue weighted by atomic mass is 9.74. The lowest BCUT2D eigenvalue weighted by molar-refractivity contribution is -0.576. The Balaban J connectivity index is 3.19. The Morgan fingerprint density at radius 3 is 2.09 bits per heavy atom. The summed E-state index contributed by atoms with van der Waals surface area (Å²) in [6, 6.07) is 0. The zero-order chi connectivity index (χ0) is 18.4. The monoisotopic (exact) mass is 345 g/mol. The number of aromatic nitrogens is 2. The van der Waals surface area contributed by atoms with E-state index in [-0.39, 0.29) is 16.3 Å². The second-order valence-electron chi connectivity index (χ2n) is 7.59. The number of nitrogens with two attached hydrogens (primary N) is 1. The third-order valence-electron chi connectivity index (χ3n) is 4.33. The van der Waals surface area contributed by atoms with Crippen molar-refractivity contribution in [3.8, 4) is 0 Å². The normalized spacial score (nSPS) is 13.0. The number of nitrogens with one attached hydrogen (secondary N) is 1. The van der Waals surface area contributed by atoms with Gasteiger partial charge in [-0.15, -0.1) is 0 Å². The van der Waals surface area contributed by atoms with Crippen LogP contribution in [0, 0.1) is 15.5 Å². The summed E-state index contributed by atoms with van der Waals surface area (Å²) in [5.41, 5.74) is 5.77. The van der Waals surface area contributed by atoms with Crippen LogP contribution in [-0.4, -0.2) is 26.3 Å². The number of nitro groups is 1. The molecule has 0 aliphatic rings. The Bertz CT molecular complexity index is 644. The minimum absolute atomic E-state index is 0.0830. The summed E-state index contributed by atoms with van der Waals surface area (Å²) in [5.74, 6) is -0.495. The molecule has 1 heterocycles. The number of nitrogen functional groups attached to an aromatic ring is 1. The Kier molecular flexibility index (Phi) is 4.73. The van der Waals surface area contributed by atoms with E-state index in [9.17, 15) is 14.9 Å². The molecule has 1 rings (SSSR count). The highest BCUT2D eigenvalue weighted by atomic mass is 35.5. The number of amides is 1. The van der Waals surface area contributed by atoms with Gasteiger partial charge in [0.1, 0.15) is 10.4 Å². The van der Waals surface area contributed by atoms with Crippen molar-refractivity contribution < 1.29 is 9.72 Å². The van der Waals surface area contributed by atoms with E-state index in [1.165, 1.54) is 27.7 Å². The van der Waals surface area contributed by atoms with E-state index < -0.39 is 21.8 Å². The molecular formula is C14H24ClN5O3. The van der Waals surface area contributed by atoms with Gasteiger partial charge >= 0.3 is 0 Å². The highest BCUT2D eigenvalue weighted by Crippen LogP contribution is 2.35. The molecule has 0 radical (unpaired) electrons. The second kappa shape index (κ2) is 5.67. The van der Waals surface area contributed by atoms with Crippen LogP contribution in [0.4, 0.5) is 5.82 Å². The van der Waals surface area contributed by atoms with Gasteiger partial charge in [-0.25, -0.2) is 5.43 Å². The topological polar surface area (TPSA) is 116 Å². The van der Waals surface area contributed by atoms with Crippen molar-refractivity contribution >= 4 is 23.3 Å². The molecule has 0 atom stereocenters. The first-order chi connectivity index (χ1) is 10.1. The van der Waals surface area contributed by atoms with Crippen molar-refractivity contribution in [1.29, 1.82) is 0 Å². The molecule has 0 saturated carbocycles. The predicted octanol–water partition coefficient (Wildman–Crippen LogP) is 2.57. The third-order valence-corrected chi connectivity index (χ3v) is 4.71. The van der Waals surface area contributed by atoms with Crippen molar-refractivity contribution in [2.45, 2.75) is 59.4 Å². The second-order valence-corrected chi connectivity index (χ2v) is 7.97. The molecule has 1 amide bonds. The quantitative estimate of drug-likeness (QED) is 0.642. The largest absolute Gasteiger partial charge is 0.381 e. The van der Waals surface area contributed by atoms with E-state index in [0.29, 0.717) is 5.69 Å². The molecule has 8 nitrogen and oxygen atoms in total. The number of halogens is 1. The lowest BCUT2D eigenvalue weighted by Gasteiger charge is -2.32. The Morgan fingerprint density at radius 2 is 1.74 bits per heavy atom. The van der Waals surface area contributed by atoms with E-state index in [4.69, 9.17) is 17.3 Å². The molecule has 0 aliphatic carbocycles. The molecule has 1 aromatic rings. The molecule has 0 spiro atoms. The number of nitrogens with zero attached hydrogens (tertiary/aromatic N) is 3. The van der Waals surface area contributed by atoms with Crippen LogP contribution < -0.4 is 11.2 Å². The van der Waals surface area contributed by atoms with Gasteiger partial charge in [-0.05, 0) is 13.8 Å². The molecule has 1 aromatic heterocycles. The van der Waals surface area contributed by atoms with E-state index in [1.807, 2.05) is 20.8 Å². The Labute approximate surface area is 140 Å². The van der Waals surface area contributed by atoms with E-state index in [2.05, 4.69) is 10.5 Å². The van der Waals surface area contributed by atoms with Gasteiger partial charge in [0.05, 0.1) is 5.69 Å². The molecule has 9 heteroatoms. The number of hydrogen-bond donors (Lipinski definition) is 2. The first kappa shape index (κ1) is 19.2. The fourth-order valence-corrected chi connectivity index (χ4v) is 2.12. The van der Waals surface area contributed by atoms with E-state index in [1.54, 1.807) is 0 Å². The highest BCUT2D eigenvalue weighted by Gasteiger charge is 2.53. The molecule has 0 bridgehead atoms. The van der Waals surface area contributed by atoms with Gasteiger partial charge in [-0.3, -0.25) is 14.9 Å². The zero-order valence-electron chi connectivity index (χ0n) is 14.5. The van der Waals surface area contributed by atoms with Gasteiger partial charge in [0, 0.05) is 24.2 Å². The summed E-state index contributed by atoms with van der Waals surface area (Å²) in [7, 11) is 0. The number of rotatable bonds is 4. The number of hydrogen-bond acceptors (Lipinski definition) is 5. The first-order valence-electron chi connectivity index (χ1n) is 7.14. The lowest BCUT2D eigenvalue weighted by Crippen LogP contribution is -2.54. The standard InChI is InChI=1S/C14H24ClN5O3/c1-12(2,3)9-8(15)10(16)19(17-9)18-11(21)13(4,5)14(6,7)20(22)23/h16H2,1-7H3,(H,18,21). The third kappa shape index (κ3) is 3.26. The van der Waals surface area contributed by atoms with Crippen LogP contribution in [0.1, 0.15) is 54.2 Å². The fourth-order valence-electron chi connectivity index (χ4n) is 1.72. The van der Waals surface area contributed by atoms with Crippen molar-refractivity contribution in [2.24, 2.45) is 5.41 Å². The molecule has 0 aliphatic heterocycles. The van der Waals surface area contributed by atoms with Crippen molar-refractivity contribution in [3.63, 3.8) is 0 Å². The molecule has 3 N–H and O–H groups in total. The summed E-state index contributed by atoms with van der Waals surface area (Å²) in [6.07, 6.45) is 0. The van der Waals surface area contributed by atoms with Crippen molar-refractivity contribution in [2.75, 3.05) is 11.2 Å². The summed E-state index contributed by atoms with van der Waals surface area (Å²) < 4.78 is 0. The van der Waals surface area contributed by atoms with Gasteiger partial charge in [0.25, 0.3) is 5.91 Å². The fraction of sp³-hybridized carbons (Fsp3) is 0.714. The van der Waals surface area contributed by atoms with Gasteiger partial charge in [-0.2, -0.15) is 9.89 Å². The van der Waals surface area contributed by atoms with Crippen LogP contribution in [-0.2, 0) is 10.2 Å².